The fourth-order valence-electron chi connectivity index (χ4n) is 4.85. The van der Waals surface area contributed by atoms with Crippen LogP contribution in [0.5, 0.6) is 0 Å². The fraction of sp³-hybridized carbons (Fsp3) is 0.520. The SMILES string of the molecule is C[C@H](CCc1ncccc1C(N)=O)N1CCC(N(Cc2ccsc2)C(=O)CN2CCOC2=O)CC1. The van der Waals surface area contributed by atoms with Crippen LogP contribution >= 0.6 is 11.3 Å². The Balaban J connectivity index is 1.34. The van der Waals surface area contributed by atoms with E-state index < -0.39 is 12.0 Å². The molecule has 1 atom stereocenters. The van der Waals surface area contributed by atoms with Crippen LogP contribution in [0.2, 0.25) is 0 Å². The highest BCUT2D eigenvalue weighted by Gasteiger charge is 2.32. The van der Waals surface area contributed by atoms with Crippen LogP contribution in [0.25, 0.3) is 0 Å². The Bertz CT molecular complexity index is 1020. The van der Waals surface area contributed by atoms with Crippen molar-refractivity contribution in [1.82, 2.24) is 19.7 Å². The van der Waals surface area contributed by atoms with E-state index in [0.717, 1.165) is 43.6 Å². The summed E-state index contributed by atoms with van der Waals surface area (Å²) in [6.45, 7) is 5.38. The molecule has 188 valence electrons. The van der Waals surface area contributed by atoms with Crippen molar-refractivity contribution in [2.24, 2.45) is 5.73 Å². The van der Waals surface area contributed by atoms with Crippen LogP contribution in [0.3, 0.4) is 0 Å². The van der Waals surface area contributed by atoms with Gasteiger partial charge < -0.3 is 20.3 Å². The van der Waals surface area contributed by atoms with Gasteiger partial charge in [-0.15, -0.1) is 0 Å². The normalized spacial score (nSPS) is 17.9. The smallest absolute Gasteiger partial charge is 0.410 e. The Morgan fingerprint density at radius 3 is 2.74 bits per heavy atom. The monoisotopic (exact) mass is 499 g/mol. The van der Waals surface area contributed by atoms with Crippen molar-refractivity contribution in [3.8, 4) is 0 Å². The quantitative estimate of drug-likeness (QED) is 0.538. The molecule has 35 heavy (non-hydrogen) atoms. The molecule has 2 saturated heterocycles. The van der Waals surface area contributed by atoms with Crippen molar-refractivity contribution in [2.75, 3.05) is 32.8 Å². The lowest BCUT2D eigenvalue weighted by Gasteiger charge is -2.41. The van der Waals surface area contributed by atoms with E-state index in [2.05, 4.69) is 22.2 Å². The van der Waals surface area contributed by atoms with Gasteiger partial charge in [0.15, 0.2) is 0 Å². The van der Waals surface area contributed by atoms with Crippen LogP contribution in [0, 0.1) is 0 Å². The molecule has 0 unspecified atom stereocenters. The summed E-state index contributed by atoms with van der Waals surface area (Å²) in [7, 11) is 0. The molecule has 2 aliphatic rings. The number of carbonyl (C=O) groups excluding carboxylic acids is 3. The number of nitrogens with zero attached hydrogens (tertiary/aromatic N) is 4. The topological polar surface area (TPSA) is 109 Å². The number of thiophene rings is 1. The van der Waals surface area contributed by atoms with Gasteiger partial charge in [-0.1, -0.05) is 0 Å². The molecule has 2 fully saturated rings. The van der Waals surface area contributed by atoms with Crippen molar-refractivity contribution in [2.45, 2.75) is 51.2 Å². The molecule has 0 aromatic carbocycles. The van der Waals surface area contributed by atoms with Gasteiger partial charge in [0.2, 0.25) is 5.91 Å². The van der Waals surface area contributed by atoms with E-state index in [1.54, 1.807) is 29.7 Å². The number of amides is 3. The van der Waals surface area contributed by atoms with Crippen molar-refractivity contribution in [3.05, 3.63) is 52.0 Å². The lowest BCUT2D eigenvalue weighted by atomic mass is 9.98. The van der Waals surface area contributed by atoms with Crippen molar-refractivity contribution >= 4 is 29.2 Å². The molecule has 4 rings (SSSR count). The third-order valence-electron chi connectivity index (χ3n) is 6.94. The maximum Gasteiger partial charge on any atom is 0.410 e. The molecule has 2 aliphatic heterocycles. The Kier molecular flexibility index (Phi) is 8.35. The number of primary amides is 1. The molecular formula is C25H33N5O4S. The average molecular weight is 500 g/mol. The van der Waals surface area contributed by atoms with E-state index in [1.165, 1.54) is 4.90 Å². The first-order chi connectivity index (χ1) is 16.9. The minimum atomic E-state index is -0.445. The summed E-state index contributed by atoms with van der Waals surface area (Å²) < 4.78 is 4.99. The highest BCUT2D eigenvalue weighted by molar-refractivity contribution is 7.07. The molecule has 0 saturated carbocycles. The average Bonchev–Trinajstić information content (AvgIpc) is 3.53. The maximum absolute atomic E-state index is 13.3. The molecule has 0 radical (unpaired) electrons. The second-order valence-corrected chi connectivity index (χ2v) is 9.99. The molecule has 2 aromatic rings. The van der Waals surface area contributed by atoms with Gasteiger partial charge in [0.05, 0.1) is 17.8 Å². The minimum Gasteiger partial charge on any atom is -0.448 e. The zero-order valence-electron chi connectivity index (χ0n) is 20.1. The van der Waals surface area contributed by atoms with Crippen LogP contribution in [-0.2, 0) is 22.5 Å². The number of carbonyl (C=O) groups is 3. The van der Waals surface area contributed by atoms with E-state index in [-0.39, 0.29) is 18.5 Å². The molecule has 10 heteroatoms. The fourth-order valence-corrected chi connectivity index (χ4v) is 5.51. The summed E-state index contributed by atoms with van der Waals surface area (Å²) in [5.41, 5.74) is 7.84. The van der Waals surface area contributed by atoms with Gasteiger partial charge in [0.1, 0.15) is 13.2 Å². The van der Waals surface area contributed by atoms with Crippen molar-refractivity contribution in [1.29, 1.82) is 0 Å². The number of aryl methyl sites for hydroxylation is 1. The lowest BCUT2D eigenvalue weighted by molar-refractivity contribution is -0.136. The molecule has 2 N–H and O–H groups in total. The molecule has 2 aromatic heterocycles. The Morgan fingerprint density at radius 1 is 1.29 bits per heavy atom. The Hall–Kier alpha value is -2.98. The van der Waals surface area contributed by atoms with Crippen LogP contribution in [0.1, 0.15) is 47.8 Å². The third kappa shape index (κ3) is 6.37. The number of pyridine rings is 1. The molecular weight excluding hydrogens is 466 g/mol. The first kappa shape index (κ1) is 25.1. The number of likely N-dealkylation sites (tertiary alicyclic amines) is 1. The van der Waals surface area contributed by atoms with Gasteiger partial charge in [0, 0.05) is 37.9 Å². The number of cyclic esters (lactones) is 1. The maximum atomic E-state index is 13.3. The lowest BCUT2D eigenvalue weighted by Crippen LogP contribution is -2.51. The molecule has 9 nitrogen and oxygen atoms in total. The molecule has 0 aliphatic carbocycles. The van der Waals surface area contributed by atoms with Crippen molar-refractivity contribution < 1.29 is 19.1 Å². The number of aromatic nitrogens is 1. The van der Waals surface area contributed by atoms with Crippen molar-refractivity contribution in [3.63, 3.8) is 0 Å². The summed E-state index contributed by atoms with van der Waals surface area (Å²) in [6.07, 6.45) is 4.59. The Labute approximate surface area is 209 Å². The van der Waals surface area contributed by atoms with Gasteiger partial charge >= 0.3 is 6.09 Å². The highest BCUT2D eigenvalue weighted by atomic mass is 32.1. The van der Waals surface area contributed by atoms with E-state index in [4.69, 9.17) is 10.5 Å². The largest absolute Gasteiger partial charge is 0.448 e. The van der Waals surface area contributed by atoms with Gasteiger partial charge in [0.25, 0.3) is 5.91 Å². The zero-order valence-corrected chi connectivity index (χ0v) is 20.9. The summed E-state index contributed by atoms with van der Waals surface area (Å²) in [6, 6.07) is 5.94. The molecule has 0 bridgehead atoms. The number of piperidine rings is 1. The molecule has 4 heterocycles. The first-order valence-electron chi connectivity index (χ1n) is 12.1. The van der Waals surface area contributed by atoms with Crippen LogP contribution in [0.15, 0.2) is 35.2 Å². The van der Waals surface area contributed by atoms with Crippen LogP contribution in [-0.4, -0.2) is 82.5 Å². The highest BCUT2D eigenvalue weighted by Crippen LogP contribution is 2.23. The van der Waals surface area contributed by atoms with Crippen LogP contribution in [0.4, 0.5) is 4.79 Å². The summed E-state index contributed by atoms with van der Waals surface area (Å²) >= 11 is 1.62. The number of ether oxygens (including phenoxy) is 1. The first-order valence-corrected chi connectivity index (χ1v) is 13.1. The number of rotatable bonds is 10. The van der Waals surface area contributed by atoms with E-state index >= 15 is 0 Å². The van der Waals surface area contributed by atoms with Gasteiger partial charge in [-0.05, 0) is 67.1 Å². The summed E-state index contributed by atoms with van der Waals surface area (Å²) in [5.74, 6) is -0.477. The number of hydrogen-bond acceptors (Lipinski definition) is 7. The number of hydrogen-bond donors (Lipinski definition) is 1. The summed E-state index contributed by atoms with van der Waals surface area (Å²) in [4.78, 5) is 47.0. The third-order valence-corrected chi connectivity index (χ3v) is 7.67. The standard InChI is InChI=1S/C25H33N5O4S/c1-18(4-5-22-21(24(26)32)3-2-9-27-22)28-10-6-20(7-11-28)30(15-19-8-14-35-17-19)23(31)16-29-12-13-34-25(29)33/h2-3,8-9,14,17-18,20H,4-7,10-13,15-16H2,1H3,(H2,26,32)/t18-/m1/s1. The molecule has 0 spiro atoms. The van der Waals surface area contributed by atoms with Crippen LogP contribution < -0.4 is 5.73 Å². The predicted molar refractivity (Wildman–Crippen MR) is 133 cm³/mol. The van der Waals surface area contributed by atoms with E-state index in [0.29, 0.717) is 37.7 Å². The number of nitrogens with two attached hydrogens (primary N) is 1. The zero-order chi connectivity index (χ0) is 24.8. The molecule has 3 amide bonds. The predicted octanol–water partition coefficient (Wildman–Crippen LogP) is 2.51. The van der Waals surface area contributed by atoms with Gasteiger partial charge in [-0.3, -0.25) is 19.5 Å². The minimum absolute atomic E-state index is 0.0318. The van der Waals surface area contributed by atoms with Gasteiger partial charge in [-0.2, -0.15) is 11.3 Å². The van der Waals surface area contributed by atoms with Gasteiger partial charge in [-0.25, -0.2) is 4.79 Å². The van der Waals surface area contributed by atoms with E-state index in [1.807, 2.05) is 16.3 Å². The second-order valence-electron chi connectivity index (χ2n) is 9.21. The second kappa shape index (κ2) is 11.6. The Morgan fingerprint density at radius 2 is 2.09 bits per heavy atom. The van der Waals surface area contributed by atoms with E-state index in [9.17, 15) is 14.4 Å². The summed E-state index contributed by atoms with van der Waals surface area (Å²) in [5, 5.41) is 4.09.